The van der Waals surface area contributed by atoms with Gasteiger partial charge < -0.3 is 5.73 Å². The maximum absolute atomic E-state index is 5.91. The monoisotopic (exact) mass is 256 g/mol. The normalized spacial score (nSPS) is 22.2. The van der Waals surface area contributed by atoms with Gasteiger partial charge >= 0.3 is 0 Å². The summed E-state index contributed by atoms with van der Waals surface area (Å²) in [6.07, 6.45) is 0. The molecule has 0 aliphatic carbocycles. The molecule has 0 bridgehead atoms. The van der Waals surface area contributed by atoms with Gasteiger partial charge in [-0.25, -0.2) is 0 Å². The van der Waals surface area contributed by atoms with Gasteiger partial charge in [0.15, 0.2) is 0 Å². The van der Waals surface area contributed by atoms with Crippen molar-refractivity contribution in [3.05, 3.63) is 28.8 Å². The smallest absolute Gasteiger partial charge is 0.0635 e. The highest BCUT2D eigenvalue weighted by Crippen LogP contribution is 2.23. The summed E-state index contributed by atoms with van der Waals surface area (Å²) in [7, 11) is 0. The van der Waals surface area contributed by atoms with Crippen LogP contribution in [0.15, 0.2) is 18.2 Å². The number of nitrogens with zero attached hydrogens (tertiary/aromatic N) is 1. The molecule has 1 saturated heterocycles. The predicted octanol–water partition coefficient (Wildman–Crippen LogP) is 2.86. The van der Waals surface area contributed by atoms with Gasteiger partial charge in [0.1, 0.15) is 0 Å². The molecule has 0 aromatic heterocycles. The molecule has 1 unspecified atom stereocenters. The van der Waals surface area contributed by atoms with Gasteiger partial charge in [0, 0.05) is 30.6 Å². The van der Waals surface area contributed by atoms with E-state index < -0.39 is 0 Å². The van der Waals surface area contributed by atoms with E-state index in [9.17, 15) is 0 Å². The summed E-state index contributed by atoms with van der Waals surface area (Å²) in [6.45, 7) is 4.42. The fourth-order valence-electron chi connectivity index (χ4n) is 1.92. The van der Waals surface area contributed by atoms with Gasteiger partial charge in [0.05, 0.1) is 10.7 Å². The number of benzene rings is 1. The van der Waals surface area contributed by atoms with Gasteiger partial charge in [-0.3, -0.25) is 4.90 Å². The van der Waals surface area contributed by atoms with E-state index in [1.165, 1.54) is 17.1 Å². The van der Waals surface area contributed by atoms with E-state index in [1.54, 1.807) is 0 Å². The Bertz CT molecular complexity index is 370. The Labute approximate surface area is 106 Å². The van der Waals surface area contributed by atoms with Crippen LogP contribution in [0.25, 0.3) is 0 Å². The fourth-order valence-corrected chi connectivity index (χ4v) is 3.12. The van der Waals surface area contributed by atoms with Crippen LogP contribution >= 0.6 is 23.4 Å². The number of nitrogens with two attached hydrogens (primary N) is 1. The molecule has 0 saturated carbocycles. The maximum atomic E-state index is 5.91. The summed E-state index contributed by atoms with van der Waals surface area (Å²) < 4.78 is 0. The highest BCUT2D eigenvalue weighted by molar-refractivity contribution is 7.99. The quantitative estimate of drug-likeness (QED) is 0.825. The first kappa shape index (κ1) is 12.1. The second-order valence-corrected chi connectivity index (χ2v) is 5.81. The van der Waals surface area contributed by atoms with Crippen LogP contribution in [0, 0.1) is 0 Å². The number of hydrogen-bond acceptors (Lipinski definition) is 3. The zero-order valence-corrected chi connectivity index (χ0v) is 11.0. The molecule has 1 atom stereocenters. The number of nitrogen functional groups attached to an aromatic ring is 1. The van der Waals surface area contributed by atoms with Crippen LogP contribution < -0.4 is 5.73 Å². The van der Waals surface area contributed by atoms with Crippen LogP contribution in [0.3, 0.4) is 0 Å². The van der Waals surface area contributed by atoms with E-state index in [1.807, 2.05) is 23.9 Å². The molecular weight excluding hydrogens is 240 g/mol. The van der Waals surface area contributed by atoms with Crippen molar-refractivity contribution in [3.63, 3.8) is 0 Å². The Balaban J connectivity index is 2.05. The van der Waals surface area contributed by atoms with Gasteiger partial charge in [-0.05, 0) is 24.6 Å². The van der Waals surface area contributed by atoms with Crippen molar-refractivity contribution >= 4 is 29.1 Å². The minimum Gasteiger partial charge on any atom is -0.398 e. The van der Waals surface area contributed by atoms with Crippen molar-refractivity contribution in [2.24, 2.45) is 0 Å². The summed E-state index contributed by atoms with van der Waals surface area (Å²) >= 11 is 7.95. The van der Waals surface area contributed by atoms with Crippen molar-refractivity contribution in [2.75, 3.05) is 23.8 Å². The van der Waals surface area contributed by atoms with E-state index >= 15 is 0 Å². The van der Waals surface area contributed by atoms with Gasteiger partial charge in [-0.1, -0.05) is 17.7 Å². The third-order valence-electron chi connectivity index (χ3n) is 2.95. The predicted molar refractivity (Wildman–Crippen MR) is 73.1 cm³/mol. The summed E-state index contributed by atoms with van der Waals surface area (Å²) in [5.74, 6) is 2.45. The van der Waals surface area contributed by atoms with Crippen molar-refractivity contribution in [1.29, 1.82) is 0 Å². The Morgan fingerprint density at radius 2 is 2.38 bits per heavy atom. The van der Waals surface area contributed by atoms with Crippen molar-refractivity contribution < 1.29 is 0 Å². The number of anilines is 1. The van der Waals surface area contributed by atoms with Crippen LogP contribution in [0.2, 0.25) is 5.02 Å². The Hall–Kier alpha value is -0.380. The van der Waals surface area contributed by atoms with Gasteiger partial charge in [0.25, 0.3) is 0 Å². The molecule has 2 rings (SSSR count). The van der Waals surface area contributed by atoms with Crippen LogP contribution in [0.5, 0.6) is 0 Å². The van der Waals surface area contributed by atoms with E-state index in [-0.39, 0.29) is 0 Å². The average Bonchev–Trinajstić information content (AvgIpc) is 2.27. The first-order valence-corrected chi connectivity index (χ1v) is 7.06. The average molecular weight is 257 g/mol. The third kappa shape index (κ3) is 2.84. The van der Waals surface area contributed by atoms with Crippen LogP contribution in [0.4, 0.5) is 5.69 Å². The zero-order valence-electron chi connectivity index (χ0n) is 9.45. The van der Waals surface area contributed by atoms with E-state index in [0.717, 1.165) is 13.1 Å². The molecule has 88 valence electrons. The Morgan fingerprint density at radius 3 is 3.06 bits per heavy atom. The Kier molecular flexibility index (Phi) is 4.00. The molecule has 1 aliphatic rings. The summed E-state index contributed by atoms with van der Waals surface area (Å²) in [4.78, 5) is 2.50. The molecule has 16 heavy (non-hydrogen) atoms. The minimum absolute atomic E-state index is 0.644. The molecule has 1 aromatic carbocycles. The molecular formula is C12H17ClN2S. The topological polar surface area (TPSA) is 29.3 Å². The van der Waals surface area contributed by atoms with E-state index in [0.29, 0.717) is 16.8 Å². The number of hydrogen-bond donors (Lipinski definition) is 1. The highest BCUT2D eigenvalue weighted by atomic mass is 35.5. The largest absolute Gasteiger partial charge is 0.398 e. The molecule has 2 nitrogen and oxygen atoms in total. The van der Waals surface area contributed by atoms with Crippen molar-refractivity contribution in [1.82, 2.24) is 4.90 Å². The van der Waals surface area contributed by atoms with Crippen LogP contribution in [-0.4, -0.2) is 29.0 Å². The van der Waals surface area contributed by atoms with Gasteiger partial charge in [-0.2, -0.15) is 11.8 Å². The van der Waals surface area contributed by atoms with E-state index in [4.69, 9.17) is 17.3 Å². The third-order valence-corrected chi connectivity index (χ3v) is 4.48. The maximum Gasteiger partial charge on any atom is 0.0635 e. The van der Waals surface area contributed by atoms with Crippen LogP contribution in [0.1, 0.15) is 12.5 Å². The standard InChI is InChI=1S/C12H17ClN2S/c1-9-8-16-5-4-15(9)7-10-2-3-11(13)12(14)6-10/h2-3,6,9H,4-5,7-8,14H2,1H3. The van der Waals surface area contributed by atoms with Crippen LogP contribution in [-0.2, 0) is 6.54 Å². The van der Waals surface area contributed by atoms with E-state index in [2.05, 4.69) is 17.9 Å². The van der Waals surface area contributed by atoms with Crippen molar-refractivity contribution in [3.8, 4) is 0 Å². The number of halogens is 1. The number of thioether (sulfide) groups is 1. The molecule has 0 amide bonds. The summed E-state index contributed by atoms with van der Waals surface area (Å²) in [6, 6.07) is 6.58. The van der Waals surface area contributed by atoms with Gasteiger partial charge in [0.2, 0.25) is 0 Å². The second kappa shape index (κ2) is 5.30. The fraction of sp³-hybridized carbons (Fsp3) is 0.500. The number of rotatable bonds is 2. The Morgan fingerprint density at radius 1 is 1.56 bits per heavy atom. The lowest BCUT2D eigenvalue weighted by Crippen LogP contribution is -2.39. The lowest BCUT2D eigenvalue weighted by atomic mass is 10.1. The summed E-state index contributed by atoms with van der Waals surface area (Å²) in [5, 5.41) is 0.644. The van der Waals surface area contributed by atoms with Gasteiger partial charge in [-0.15, -0.1) is 0 Å². The highest BCUT2D eigenvalue weighted by Gasteiger charge is 2.18. The first-order valence-electron chi connectivity index (χ1n) is 5.52. The SMILES string of the molecule is CC1CSCCN1Cc1ccc(Cl)c(N)c1. The lowest BCUT2D eigenvalue weighted by molar-refractivity contribution is 0.224. The molecule has 4 heteroatoms. The zero-order chi connectivity index (χ0) is 11.5. The molecule has 0 spiro atoms. The first-order chi connectivity index (χ1) is 7.66. The molecule has 0 radical (unpaired) electrons. The second-order valence-electron chi connectivity index (χ2n) is 4.25. The molecule has 1 aliphatic heterocycles. The van der Waals surface area contributed by atoms with Crippen molar-refractivity contribution in [2.45, 2.75) is 19.5 Å². The summed E-state index contributed by atoms with van der Waals surface area (Å²) in [5.41, 5.74) is 7.74. The molecule has 2 N–H and O–H groups in total. The lowest BCUT2D eigenvalue weighted by Gasteiger charge is -2.33. The molecule has 1 fully saturated rings. The molecule has 1 aromatic rings. The molecule has 1 heterocycles. The minimum atomic E-state index is 0.644.